The lowest BCUT2D eigenvalue weighted by molar-refractivity contribution is 1.32. The Kier molecular flexibility index (Phi) is 5.11. The maximum atomic E-state index is 3.93. The molecule has 0 spiro atoms. The van der Waals surface area contributed by atoms with Gasteiger partial charge in [0.2, 0.25) is 0 Å². The molecule has 0 aromatic carbocycles. The van der Waals surface area contributed by atoms with Crippen LogP contribution in [0.5, 0.6) is 0 Å². The van der Waals surface area contributed by atoms with Crippen LogP contribution in [-0.4, -0.2) is 0 Å². The summed E-state index contributed by atoms with van der Waals surface area (Å²) in [6.07, 6.45) is 8.25. The van der Waals surface area contributed by atoms with Gasteiger partial charge in [-0.3, -0.25) is 0 Å². The van der Waals surface area contributed by atoms with Crippen molar-refractivity contribution in [2.24, 2.45) is 0 Å². The molecule has 0 aromatic rings. The first-order valence-electron chi connectivity index (χ1n) is 4.25. The van der Waals surface area contributed by atoms with Crippen LogP contribution >= 0.6 is 0 Å². The molecule has 0 heterocycles. The fourth-order valence-corrected chi connectivity index (χ4v) is 0.958. The molecule has 0 amide bonds. The first-order valence-corrected chi connectivity index (χ1v) is 4.25. The zero-order valence-corrected chi connectivity index (χ0v) is 8.52. The topological polar surface area (TPSA) is 0 Å². The summed E-state index contributed by atoms with van der Waals surface area (Å²) in [5.41, 5.74) is 3.62. The normalized spacial score (nSPS) is 14.0. The van der Waals surface area contributed by atoms with Gasteiger partial charge < -0.3 is 0 Å². The summed E-state index contributed by atoms with van der Waals surface area (Å²) in [7, 11) is 0. The average molecular weight is 162 g/mol. The maximum absolute atomic E-state index is 3.93. The lowest BCUT2D eigenvalue weighted by Crippen LogP contribution is -1.85. The molecule has 0 bridgehead atoms. The summed E-state index contributed by atoms with van der Waals surface area (Å²) in [6.45, 7) is 12.1. The second-order valence-electron chi connectivity index (χ2n) is 2.86. The molecule has 0 rings (SSSR count). The van der Waals surface area contributed by atoms with Crippen molar-refractivity contribution in [2.45, 2.75) is 27.7 Å². The van der Waals surface area contributed by atoms with Crippen LogP contribution in [0, 0.1) is 0 Å². The second-order valence-corrected chi connectivity index (χ2v) is 2.86. The molecule has 0 saturated carbocycles. The van der Waals surface area contributed by atoms with E-state index in [0.717, 1.165) is 5.57 Å². The lowest BCUT2D eigenvalue weighted by Gasteiger charge is -2.05. The largest absolute Gasteiger partial charge is 0.0955 e. The predicted molar refractivity (Wildman–Crippen MR) is 57.1 cm³/mol. The molecular formula is C12H18. The van der Waals surface area contributed by atoms with E-state index in [1.54, 1.807) is 0 Å². The van der Waals surface area contributed by atoms with E-state index < -0.39 is 0 Å². The summed E-state index contributed by atoms with van der Waals surface area (Å²) in [5, 5.41) is 0. The van der Waals surface area contributed by atoms with Crippen molar-refractivity contribution in [1.29, 1.82) is 0 Å². The SMILES string of the molecule is C=C(C)C(=C\C=C/C)/C(C)=C/C. The van der Waals surface area contributed by atoms with Gasteiger partial charge in [0.25, 0.3) is 0 Å². The molecule has 0 atom stereocenters. The Morgan fingerprint density at radius 1 is 1.17 bits per heavy atom. The minimum absolute atomic E-state index is 1.11. The van der Waals surface area contributed by atoms with Crippen molar-refractivity contribution >= 4 is 0 Å². The van der Waals surface area contributed by atoms with Gasteiger partial charge in [-0.05, 0) is 38.8 Å². The van der Waals surface area contributed by atoms with Crippen molar-refractivity contribution in [3.63, 3.8) is 0 Å². The molecule has 0 saturated heterocycles. The van der Waals surface area contributed by atoms with Gasteiger partial charge in [-0.2, -0.15) is 0 Å². The third kappa shape index (κ3) is 3.38. The Balaban J connectivity index is 4.79. The highest BCUT2D eigenvalue weighted by Crippen LogP contribution is 2.16. The van der Waals surface area contributed by atoms with Crippen LogP contribution in [0.2, 0.25) is 0 Å². The van der Waals surface area contributed by atoms with E-state index >= 15 is 0 Å². The zero-order valence-electron chi connectivity index (χ0n) is 8.52. The van der Waals surface area contributed by atoms with Gasteiger partial charge in [-0.15, -0.1) is 0 Å². The van der Waals surface area contributed by atoms with Crippen LogP contribution in [0.25, 0.3) is 0 Å². The third-order valence-corrected chi connectivity index (χ3v) is 1.77. The first-order chi connectivity index (χ1) is 5.63. The van der Waals surface area contributed by atoms with E-state index in [-0.39, 0.29) is 0 Å². The monoisotopic (exact) mass is 162 g/mol. The van der Waals surface area contributed by atoms with Crippen molar-refractivity contribution in [2.75, 3.05) is 0 Å². The number of hydrogen-bond donors (Lipinski definition) is 0. The van der Waals surface area contributed by atoms with Gasteiger partial charge >= 0.3 is 0 Å². The number of allylic oxidation sites excluding steroid dienone is 7. The fourth-order valence-electron chi connectivity index (χ4n) is 0.958. The van der Waals surface area contributed by atoms with Crippen molar-refractivity contribution in [3.05, 3.63) is 47.6 Å². The Labute approximate surface area is 76.0 Å². The highest BCUT2D eigenvalue weighted by atomic mass is 14.0. The standard InChI is InChI=1S/C12H18/c1-6-8-9-12(10(3)4)11(5)7-2/h6-9H,3H2,1-2,4-5H3/b8-6-,11-7+,12-9+. The molecule has 0 fully saturated rings. The van der Waals surface area contributed by atoms with Crippen LogP contribution in [0.4, 0.5) is 0 Å². The smallest absolute Gasteiger partial charge is 0.0207 e. The average Bonchev–Trinajstić information content (AvgIpc) is 2.04. The van der Waals surface area contributed by atoms with Crippen molar-refractivity contribution in [3.8, 4) is 0 Å². The quantitative estimate of drug-likeness (QED) is 0.549. The van der Waals surface area contributed by atoms with Gasteiger partial charge in [0.05, 0.1) is 0 Å². The van der Waals surface area contributed by atoms with E-state index in [0.29, 0.717) is 0 Å². The van der Waals surface area contributed by atoms with E-state index in [1.807, 2.05) is 32.9 Å². The number of hydrogen-bond acceptors (Lipinski definition) is 0. The van der Waals surface area contributed by atoms with Crippen LogP contribution in [0.3, 0.4) is 0 Å². The molecule has 66 valence electrons. The van der Waals surface area contributed by atoms with Gasteiger partial charge in [-0.1, -0.05) is 36.5 Å². The third-order valence-electron chi connectivity index (χ3n) is 1.77. The second kappa shape index (κ2) is 5.59. The molecular weight excluding hydrogens is 144 g/mol. The lowest BCUT2D eigenvalue weighted by atomic mass is 10.0. The summed E-state index contributed by atoms with van der Waals surface area (Å²) < 4.78 is 0. The van der Waals surface area contributed by atoms with Gasteiger partial charge in [0, 0.05) is 0 Å². The molecule has 0 unspecified atom stereocenters. The molecule has 0 aliphatic rings. The molecule has 0 nitrogen and oxygen atoms in total. The fraction of sp³-hybridized carbons (Fsp3) is 0.333. The molecule has 12 heavy (non-hydrogen) atoms. The predicted octanol–water partition coefficient (Wildman–Crippen LogP) is 4.03. The van der Waals surface area contributed by atoms with Crippen molar-refractivity contribution in [1.82, 2.24) is 0 Å². The Morgan fingerprint density at radius 2 is 1.75 bits per heavy atom. The Hall–Kier alpha value is -1.04. The molecule has 0 aliphatic heterocycles. The summed E-state index contributed by atoms with van der Waals surface area (Å²) in [4.78, 5) is 0. The molecule has 0 aromatic heterocycles. The van der Waals surface area contributed by atoms with E-state index in [9.17, 15) is 0 Å². The zero-order chi connectivity index (χ0) is 9.56. The van der Waals surface area contributed by atoms with E-state index in [2.05, 4.69) is 25.7 Å². The van der Waals surface area contributed by atoms with Gasteiger partial charge in [0.1, 0.15) is 0 Å². The first kappa shape index (κ1) is 11.0. The molecule has 0 radical (unpaired) electrons. The summed E-state index contributed by atoms with van der Waals surface area (Å²) in [6, 6.07) is 0. The van der Waals surface area contributed by atoms with Crippen LogP contribution in [0.15, 0.2) is 47.6 Å². The Morgan fingerprint density at radius 3 is 2.08 bits per heavy atom. The summed E-state index contributed by atoms with van der Waals surface area (Å²) >= 11 is 0. The molecule has 0 aliphatic carbocycles. The van der Waals surface area contributed by atoms with E-state index in [1.165, 1.54) is 11.1 Å². The van der Waals surface area contributed by atoms with Crippen LogP contribution in [0.1, 0.15) is 27.7 Å². The molecule has 0 N–H and O–H groups in total. The van der Waals surface area contributed by atoms with Gasteiger partial charge in [-0.25, -0.2) is 0 Å². The molecule has 0 heteroatoms. The minimum Gasteiger partial charge on any atom is -0.0955 e. The minimum atomic E-state index is 1.11. The van der Waals surface area contributed by atoms with Gasteiger partial charge in [0.15, 0.2) is 0 Å². The highest BCUT2D eigenvalue weighted by molar-refractivity contribution is 5.44. The van der Waals surface area contributed by atoms with Crippen LogP contribution in [-0.2, 0) is 0 Å². The van der Waals surface area contributed by atoms with Crippen molar-refractivity contribution < 1.29 is 0 Å². The maximum Gasteiger partial charge on any atom is -0.0207 e. The van der Waals surface area contributed by atoms with E-state index in [4.69, 9.17) is 0 Å². The number of rotatable bonds is 3. The summed E-state index contributed by atoms with van der Waals surface area (Å²) in [5.74, 6) is 0. The Bertz CT molecular complexity index is 237. The highest BCUT2D eigenvalue weighted by Gasteiger charge is 1.97. The van der Waals surface area contributed by atoms with Crippen LogP contribution < -0.4 is 0 Å².